The van der Waals surface area contributed by atoms with Gasteiger partial charge in [-0.2, -0.15) is 9.61 Å². The third-order valence-corrected chi connectivity index (χ3v) is 3.27. The fourth-order valence-electron chi connectivity index (χ4n) is 2.02. The minimum Gasteiger partial charge on any atom is -0.366 e. The van der Waals surface area contributed by atoms with Gasteiger partial charge in [-0.25, -0.2) is 9.37 Å². The van der Waals surface area contributed by atoms with Gasteiger partial charge in [0, 0.05) is 6.54 Å². The van der Waals surface area contributed by atoms with Crippen molar-refractivity contribution in [3.05, 3.63) is 58.6 Å². The van der Waals surface area contributed by atoms with E-state index in [4.69, 9.17) is 11.6 Å². The highest BCUT2D eigenvalue weighted by Crippen LogP contribution is 2.18. The summed E-state index contributed by atoms with van der Waals surface area (Å²) in [7, 11) is 0. The number of anilines is 1. The largest absolute Gasteiger partial charge is 0.366 e. The van der Waals surface area contributed by atoms with Crippen molar-refractivity contribution >= 4 is 23.1 Å². The lowest BCUT2D eigenvalue weighted by Crippen LogP contribution is -2.05. The lowest BCUT2D eigenvalue weighted by molar-refractivity contribution is 0.627. The van der Waals surface area contributed by atoms with E-state index in [1.807, 2.05) is 19.1 Å². The number of halogens is 2. The first-order valence-electron chi connectivity index (χ1n) is 6.12. The van der Waals surface area contributed by atoms with Crippen LogP contribution in [0.25, 0.3) is 5.65 Å². The third-order valence-electron chi connectivity index (χ3n) is 2.98. The molecule has 0 radical (unpaired) electrons. The number of nitrogens with one attached hydrogen (secondary N) is 1. The predicted octanol–water partition coefficient (Wildman–Crippen LogP) is 3.44. The Kier molecular flexibility index (Phi) is 3.28. The second kappa shape index (κ2) is 5.09. The quantitative estimate of drug-likeness (QED) is 0.803. The lowest BCUT2D eigenvalue weighted by Gasteiger charge is -2.09. The molecule has 2 heterocycles. The van der Waals surface area contributed by atoms with Gasteiger partial charge in [0.25, 0.3) is 0 Å². The first-order valence-corrected chi connectivity index (χ1v) is 6.49. The SMILES string of the molecule is Cc1cc(NCc2ccc(F)c(Cl)c2)n2ncnc2c1. The molecule has 1 N–H and O–H groups in total. The average molecular weight is 291 g/mol. The molecule has 1 aromatic carbocycles. The summed E-state index contributed by atoms with van der Waals surface area (Å²) in [6, 6.07) is 8.60. The van der Waals surface area contributed by atoms with Gasteiger partial charge in [0.2, 0.25) is 0 Å². The molecule has 0 fully saturated rings. The van der Waals surface area contributed by atoms with Crippen molar-refractivity contribution in [2.75, 3.05) is 5.32 Å². The molecule has 3 aromatic rings. The van der Waals surface area contributed by atoms with Gasteiger partial charge in [0.1, 0.15) is 18.0 Å². The summed E-state index contributed by atoms with van der Waals surface area (Å²) in [5.74, 6) is 0.419. The van der Waals surface area contributed by atoms with E-state index >= 15 is 0 Å². The van der Waals surface area contributed by atoms with Crippen LogP contribution in [0.2, 0.25) is 5.02 Å². The van der Waals surface area contributed by atoms with Crippen LogP contribution < -0.4 is 5.32 Å². The van der Waals surface area contributed by atoms with Crippen molar-refractivity contribution in [3.63, 3.8) is 0 Å². The molecule has 0 bridgehead atoms. The summed E-state index contributed by atoms with van der Waals surface area (Å²) in [6.07, 6.45) is 1.51. The van der Waals surface area contributed by atoms with Gasteiger partial charge < -0.3 is 5.32 Å². The zero-order chi connectivity index (χ0) is 14.1. The standard InChI is InChI=1S/C14H12ClFN4/c1-9-4-13(20-14(5-9)18-8-19-20)17-7-10-2-3-12(16)11(15)6-10/h2-6,8,17H,7H2,1H3. The summed E-state index contributed by atoms with van der Waals surface area (Å²) < 4.78 is 14.8. The van der Waals surface area contributed by atoms with Crippen molar-refractivity contribution in [1.82, 2.24) is 14.6 Å². The van der Waals surface area contributed by atoms with Crippen LogP contribution in [0.1, 0.15) is 11.1 Å². The Bertz CT molecular complexity index is 769. The fourth-order valence-corrected chi connectivity index (χ4v) is 2.23. The number of hydrogen-bond donors (Lipinski definition) is 1. The van der Waals surface area contributed by atoms with Gasteiger partial charge >= 0.3 is 0 Å². The predicted molar refractivity (Wildman–Crippen MR) is 76.5 cm³/mol. The number of pyridine rings is 1. The second-order valence-corrected chi connectivity index (χ2v) is 4.96. The molecule has 20 heavy (non-hydrogen) atoms. The van der Waals surface area contributed by atoms with E-state index in [1.54, 1.807) is 16.6 Å². The minimum atomic E-state index is -0.412. The number of aryl methyl sites for hydroxylation is 1. The molecule has 0 unspecified atom stereocenters. The molecule has 0 aliphatic carbocycles. The highest BCUT2D eigenvalue weighted by Gasteiger charge is 2.05. The minimum absolute atomic E-state index is 0.124. The summed E-state index contributed by atoms with van der Waals surface area (Å²) in [5, 5.41) is 7.54. The van der Waals surface area contributed by atoms with E-state index in [-0.39, 0.29) is 5.02 Å². The molecular formula is C14H12ClFN4. The number of fused-ring (bicyclic) bond motifs is 1. The molecular weight excluding hydrogens is 279 g/mol. The second-order valence-electron chi connectivity index (χ2n) is 4.55. The molecule has 0 saturated carbocycles. The number of aromatic nitrogens is 3. The zero-order valence-electron chi connectivity index (χ0n) is 10.8. The van der Waals surface area contributed by atoms with E-state index in [2.05, 4.69) is 15.4 Å². The number of rotatable bonds is 3. The Morgan fingerprint density at radius 1 is 1.30 bits per heavy atom. The van der Waals surface area contributed by atoms with Gasteiger partial charge in [-0.1, -0.05) is 17.7 Å². The van der Waals surface area contributed by atoms with Crippen molar-refractivity contribution in [2.24, 2.45) is 0 Å². The van der Waals surface area contributed by atoms with Gasteiger partial charge in [-0.3, -0.25) is 0 Å². The maximum Gasteiger partial charge on any atom is 0.157 e. The maximum absolute atomic E-state index is 13.1. The smallest absolute Gasteiger partial charge is 0.157 e. The maximum atomic E-state index is 13.1. The number of benzene rings is 1. The molecule has 0 spiro atoms. The van der Waals surface area contributed by atoms with Crippen molar-refractivity contribution in [2.45, 2.75) is 13.5 Å². The van der Waals surface area contributed by atoms with Crippen LogP contribution in [0.5, 0.6) is 0 Å². The van der Waals surface area contributed by atoms with Crippen molar-refractivity contribution in [3.8, 4) is 0 Å². The van der Waals surface area contributed by atoms with Crippen LogP contribution in [0.3, 0.4) is 0 Å². The Morgan fingerprint density at radius 3 is 2.95 bits per heavy atom. The number of nitrogens with zero attached hydrogens (tertiary/aromatic N) is 3. The normalized spacial score (nSPS) is 10.9. The van der Waals surface area contributed by atoms with E-state index in [0.29, 0.717) is 6.54 Å². The first-order chi connectivity index (χ1) is 9.63. The van der Waals surface area contributed by atoms with Crippen LogP contribution in [-0.2, 0) is 6.54 Å². The lowest BCUT2D eigenvalue weighted by atomic mass is 10.2. The fraction of sp³-hybridized carbons (Fsp3) is 0.143. The first kappa shape index (κ1) is 12.9. The third kappa shape index (κ3) is 2.44. The van der Waals surface area contributed by atoms with Crippen LogP contribution >= 0.6 is 11.6 Å². The van der Waals surface area contributed by atoms with Crippen LogP contribution in [0.4, 0.5) is 10.2 Å². The van der Waals surface area contributed by atoms with Crippen molar-refractivity contribution in [1.29, 1.82) is 0 Å². The van der Waals surface area contributed by atoms with E-state index in [9.17, 15) is 4.39 Å². The molecule has 0 saturated heterocycles. The van der Waals surface area contributed by atoms with E-state index < -0.39 is 5.82 Å². The van der Waals surface area contributed by atoms with E-state index in [1.165, 1.54) is 12.4 Å². The number of hydrogen-bond acceptors (Lipinski definition) is 3. The Labute approximate surface area is 120 Å². The highest BCUT2D eigenvalue weighted by molar-refractivity contribution is 6.30. The van der Waals surface area contributed by atoms with Crippen LogP contribution in [0, 0.1) is 12.7 Å². The molecule has 102 valence electrons. The average Bonchev–Trinajstić information content (AvgIpc) is 2.88. The highest BCUT2D eigenvalue weighted by atomic mass is 35.5. The summed E-state index contributed by atoms with van der Waals surface area (Å²) in [5.41, 5.74) is 2.76. The van der Waals surface area contributed by atoms with Gasteiger partial charge in [0.15, 0.2) is 5.65 Å². The van der Waals surface area contributed by atoms with Gasteiger partial charge in [0.05, 0.1) is 5.02 Å². The topological polar surface area (TPSA) is 42.2 Å². The Hall–Kier alpha value is -2.14. The van der Waals surface area contributed by atoms with Crippen LogP contribution in [-0.4, -0.2) is 14.6 Å². The molecule has 3 rings (SSSR count). The van der Waals surface area contributed by atoms with Gasteiger partial charge in [-0.15, -0.1) is 0 Å². The van der Waals surface area contributed by atoms with Gasteiger partial charge in [-0.05, 0) is 42.3 Å². The monoisotopic (exact) mass is 290 g/mol. The summed E-state index contributed by atoms with van der Waals surface area (Å²) >= 11 is 5.77. The molecule has 0 aliphatic rings. The molecule has 0 amide bonds. The Balaban J connectivity index is 1.86. The molecule has 0 aliphatic heterocycles. The Morgan fingerprint density at radius 2 is 2.15 bits per heavy atom. The van der Waals surface area contributed by atoms with Crippen molar-refractivity contribution < 1.29 is 4.39 Å². The zero-order valence-corrected chi connectivity index (χ0v) is 11.5. The van der Waals surface area contributed by atoms with E-state index in [0.717, 1.165) is 22.6 Å². The van der Waals surface area contributed by atoms with Crippen LogP contribution in [0.15, 0.2) is 36.7 Å². The summed E-state index contributed by atoms with van der Waals surface area (Å²) in [6.45, 7) is 2.52. The molecule has 2 aromatic heterocycles. The molecule has 0 atom stereocenters. The molecule has 4 nitrogen and oxygen atoms in total. The molecule has 6 heteroatoms. The summed E-state index contributed by atoms with van der Waals surface area (Å²) in [4.78, 5) is 4.16.